The van der Waals surface area contributed by atoms with Crippen LogP contribution in [0.25, 0.3) is 5.76 Å². The van der Waals surface area contributed by atoms with Gasteiger partial charge in [0, 0.05) is 17.7 Å². The molecule has 2 aromatic rings. The van der Waals surface area contributed by atoms with Crippen LogP contribution in [0.4, 0.5) is 4.39 Å². The van der Waals surface area contributed by atoms with E-state index in [4.69, 9.17) is 0 Å². The maximum Gasteiger partial charge on any atom is 0.295 e. The number of aliphatic hydroxyl groups excluding tert-OH is 1. The molecule has 0 spiro atoms. The van der Waals surface area contributed by atoms with Crippen molar-refractivity contribution in [2.45, 2.75) is 58.9 Å². The minimum Gasteiger partial charge on any atom is -0.507 e. The van der Waals surface area contributed by atoms with E-state index in [1.807, 2.05) is 32.0 Å². The van der Waals surface area contributed by atoms with E-state index in [0.29, 0.717) is 18.5 Å². The summed E-state index contributed by atoms with van der Waals surface area (Å²) in [6.07, 6.45) is 1.50. The zero-order valence-electron chi connectivity index (χ0n) is 18.8. The first-order valence-electron chi connectivity index (χ1n) is 10.7. The number of nitrogens with zero attached hydrogens (tertiary/aromatic N) is 1. The Hall–Kier alpha value is -2.95. The van der Waals surface area contributed by atoms with Crippen LogP contribution in [-0.2, 0) is 15.0 Å². The molecule has 1 saturated heterocycles. The van der Waals surface area contributed by atoms with Gasteiger partial charge in [-0.1, -0.05) is 64.4 Å². The van der Waals surface area contributed by atoms with Crippen LogP contribution in [0.1, 0.15) is 68.8 Å². The Labute approximate surface area is 183 Å². The minimum absolute atomic E-state index is 0.0552. The molecule has 1 heterocycles. The number of amides is 1. The first kappa shape index (κ1) is 22.7. The standard InChI is InChI=1S/C26H30FNO3/c1-6-7-14-28-22(18-10-8-9-11-20(18)27)21(24(30)25(28)31)23(29)19-15-17(26(3,4)5)13-12-16(19)2/h8-13,15,22,29H,6-7,14H2,1-5H3/b23-21+. The molecule has 3 rings (SSSR count). The van der Waals surface area contributed by atoms with Gasteiger partial charge in [0.2, 0.25) is 0 Å². The highest BCUT2D eigenvalue weighted by molar-refractivity contribution is 6.46. The van der Waals surface area contributed by atoms with Crippen LogP contribution in [0.3, 0.4) is 0 Å². The molecule has 164 valence electrons. The van der Waals surface area contributed by atoms with Gasteiger partial charge >= 0.3 is 0 Å². The fourth-order valence-corrected chi connectivity index (χ4v) is 3.95. The SMILES string of the molecule is CCCCN1C(=O)C(=O)/C(=C(/O)c2cc(C(C)(C)C)ccc2C)C1c1ccccc1F. The van der Waals surface area contributed by atoms with Crippen LogP contribution in [0.15, 0.2) is 48.0 Å². The lowest BCUT2D eigenvalue weighted by Crippen LogP contribution is -2.31. The summed E-state index contributed by atoms with van der Waals surface area (Å²) in [6.45, 7) is 10.3. The summed E-state index contributed by atoms with van der Waals surface area (Å²) in [5, 5.41) is 11.3. The summed E-state index contributed by atoms with van der Waals surface area (Å²) < 4.78 is 14.8. The summed E-state index contributed by atoms with van der Waals surface area (Å²) in [5.41, 5.74) is 2.24. The Bertz CT molecular complexity index is 1050. The van der Waals surface area contributed by atoms with Crippen molar-refractivity contribution < 1.29 is 19.1 Å². The van der Waals surface area contributed by atoms with E-state index >= 15 is 0 Å². The van der Waals surface area contributed by atoms with Gasteiger partial charge in [0.1, 0.15) is 11.6 Å². The molecule has 0 bridgehead atoms. The van der Waals surface area contributed by atoms with Crippen molar-refractivity contribution >= 4 is 17.4 Å². The number of rotatable bonds is 5. The molecule has 31 heavy (non-hydrogen) atoms. The van der Waals surface area contributed by atoms with E-state index in [1.165, 1.54) is 11.0 Å². The van der Waals surface area contributed by atoms with Gasteiger partial charge in [0.15, 0.2) is 0 Å². The number of likely N-dealkylation sites (tertiary alicyclic amines) is 1. The fourth-order valence-electron chi connectivity index (χ4n) is 3.95. The Kier molecular flexibility index (Phi) is 6.35. The van der Waals surface area contributed by atoms with Crippen LogP contribution in [0.5, 0.6) is 0 Å². The van der Waals surface area contributed by atoms with E-state index in [0.717, 1.165) is 17.5 Å². The summed E-state index contributed by atoms with van der Waals surface area (Å²) in [6, 6.07) is 10.9. The number of carbonyl (C=O) groups is 2. The normalized spacial score (nSPS) is 18.6. The summed E-state index contributed by atoms with van der Waals surface area (Å²) >= 11 is 0. The topological polar surface area (TPSA) is 57.6 Å². The van der Waals surface area contributed by atoms with Gasteiger partial charge in [-0.3, -0.25) is 9.59 Å². The molecular weight excluding hydrogens is 393 g/mol. The lowest BCUT2D eigenvalue weighted by atomic mass is 9.84. The van der Waals surface area contributed by atoms with Crippen molar-refractivity contribution in [2.24, 2.45) is 0 Å². The first-order valence-corrected chi connectivity index (χ1v) is 10.7. The van der Waals surface area contributed by atoms with Gasteiger partial charge in [0.05, 0.1) is 11.6 Å². The monoisotopic (exact) mass is 423 g/mol. The number of hydrogen-bond donors (Lipinski definition) is 1. The zero-order valence-corrected chi connectivity index (χ0v) is 18.8. The summed E-state index contributed by atoms with van der Waals surface area (Å²) in [4.78, 5) is 27.3. The third-order valence-electron chi connectivity index (χ3n) is 5.85. The van der Waals surface area contributed by atoms with Crippen LogP contribution < -0.4 is 0 Å². The number of hydrogen-bond acceptors (Lipinski definition) is 3. The smallest absolute Gasteiger partial charge is 0.295 e. The average molecular weight is 424 g/mol. The lowest BCUT2D eigenvalue weighted by Gasteiger charge is -2.26. The van der Waals surface area contributed by atoms with Crippen LogP contribution >= 0.6 is 0 Å². The lowest BCUT2D eigenvalue weighted by molar-refractivity contribution is -0.139. The van der Waals surface area contributed by atoms with Gasteiger partial charge in [-0.05, 0) is 42.0 Å². The quantitative estimate of drug-likeness (QED) is 0.384. The molecular formula is C26H30FNO3. The van der Waals surface area contributed by atoms with Crippen LogP contribution in [0, 0.1) is 12.7 Å². The second-order valence-corrected chi connectivity index (χ2v) is 9.15. The largest absolute Gasteiger partial charge is 0.507 e. The van der Waals surface area contributed by atoms with Crippen molar-refractivity contribution in [1.82, 2.24) is 4.90 Å². The fraction of sp³-hybridized carbons (Fsp3) is 0.385. The molecule has 1 unspecified atom stereocenters. The Balaban J connectivity index is 2.25. The second-order valence-electron chi connectivity index (χ2n) is 9.15. The first-order chi connectivity index (χ1) is 14.6. The zero-order chi connectivity index (χ0) is 22.9. The molecule has 0 radical (unpaired) electrons. The maximum absolute atomic E-state index is 14.8. The van der Waals surface area contributed by atoms with Crippen molar-refractivity contribution in [3.8, 4) is 0 Å². The molecule has 1 N–H and O–H groups in total. The number of halogens is 1. The Morgan fingerprint density at radius 3 is 2.42 bits per heavy atom. The van der Waals surface area contributed by atoms with Gasteiger partial charge < -0.3 is 10.0 Å². The minimum atomic E-state index is -0.953. The van der Waals surface area contributed by atoms with Crippen molar-refractivity contribution in [3.05, 3.63) is 76.1 Å². The Morgan fingerprint density at radius 1 is 1.13 bits per heavy atom. The molecule has 0 aromatic heterocycles. The molecule has 0 saturated carbocycles. The van der Waals surface area contributed by atoms with Crippen LogP contribution in [0.2, 0.25) is 0 Å². The second kappa shape index (κ2) is 8.66. The van der Waals surface area contributed by atoms with E-state index in [9.17, 15) is 19.1 Å². The molecule has 1 aliphatic rings. The number of Topliss-reactive ketones (excluding diaryl/α,β-unsaturated/α-hetero) is 1. The highest BCUT2D eigenvalue weighted by Crippen LogP contribution is 2.41. The molecule has 1 atom stereocenters. The number of aliphatic hydroxyl groups is 1. The molecule has 2 aromatic carbocycles. The predicted molar refractivity (Wildman–Crippen MR) is 120 cm³/mol. The van der Waals surface area contributed by atoms with Gasteiger partial charge in [-0.15, -0.1) is 0 Å². The van der Waals surface area contributed by atoms with Gasteiger partial charge in [-0.25, -0.2) is 4.39 Å². The molecule has 5 heteroatoms. The molecule has 1 fully saturated rings. The number of ketones is 1. The molecule has 1 aliphatic heterocycles. The predicted octanol–water partition coefficient (Wildman–Crippen LogP) is 5.65. The number of benzene rings is 2. The molecule has 1 amide bonds. The number of unbranched alkanes of at least 4 members (excludes halogenated alkanes) is 1. The number of carbonyl (C=O) groups excluding carboxylic acids is 2. The van der Waals surface area contributed by atoms with Gasteiger partial charge in [-0.2, -0.15) is 0 Å². The average Bonchev–Trinajstić information content (AvgIpc) is 2.96. The number of aryl methyl sites for hydroxylation is 1. The highest BCUT2D eigenvalue weighted by Gasteiger charge is 2.46. The van der Waals surface area contributed by atoms with Gasteiger partial charge in [0.25, 0.3) is 11.7 Å². The van der Waals surface area contributed by atoms with E-state index in [2.05, 4.69) is 20.8 Å². The Morgan fingerprint density at radius 2 is 1.81 bits per heavy atom. The van der Waals surface area contributed by atoms with Crippen molar-refractivity contribution in [3.63, 3.8) is 0 Å². The van der Waals surface area contributed by atoms with Crippen LogP contribution in [-0.4, -0.2) is 28.2 Å². The van der Waals surface area contributed by atoms with Crippen molar-refractivity contribution in [2.75, 3.05) is 6.54 Å². The third-order valence-corrected chi connectivity index (χ3v) is 5.85. The van der Waals surface area contributed by atoms with Crippen molar-refractivity contribution in [1.29, 1.82) is 0 Å². The third kappa shape index (κ3) is 4.27. The van der Waals surface area contributed by atoms with E-state index in [-0.39, 0.29) is 22.3 Å². The maximum atomic E-state index is 14.8. The van der Waals surface area contributed by atoms with E-state index < -0.39 is 23.5 Å². The molecule has 4 nitrogen and oxygen atoms in total. The summed E-state index contributed by atoms with van der Waals surface area (Å²) in [5.74, 6) is -2.24. The summed E-state index contributed by atoms with van der Waals surface area (Å²) in [7, 11) is 0. The van der Waals surface area contributed by atoms with E-state index in [1.54, 1.807) is 18.2 Å². The highest BCUT2D eigenvalue weighted by atomic mass is 19.1. The molecule has 0 aliphatic carbocycles.